The van der Waals surface area contributed by atoms with Crippen LogP contribution >= 0.6 is 0 Å². The second-order valence-corrected chi connectivity index (χ2v) is 3.16. The number of aliphatic carboxylic acids is 2. The predicted octanol–water partition coefficient (Wildman–Crippen LogP) is 1.57. The average molecular weight is 262 g/mol. The number of rotatable bonds is 5. The van der Waals surface area contributed by atoms with Gasteiger partial charge in [-0.3, -0.25) is 0 Å². The Bertz CT molecular complexity index is 218. The van der Waals surface area contributed by atoms with E-state index in [0.29, 0.717) is 13.2 Å². The van der Waals surface area contributed by atoms with Crippen LogP contribution in [-0.4, -0.2) is 49.6 Å². The minimum atomic E-state index is -0.935. The lowest BCUT2D eigenvalue weighted by Crippen LogP contribution is -1.96. The first-order valence-electron chi connectivity index (χ1n) is 4.96. The highest BCUT2D eigenvalue weighted by molar-refractivity contribution is 5.85. The van der Waals surface area contributed by atoms with Crippen molar-refractivity contribution in [2.24, 2.45) is 0 Å². The summed E-state index contributed by atoms with van der Waals surface area (Å²) in [5, 5.41) is 15.8. The molecule has 0 unspecified atom stereocenters. The van der Waals surface area contributed by atoms with Crippen molar-refractivity contribution in [1.29, 1.82) is 0 Å². The minimum Gasteiger partial charge on any atom is -0.478 e. The van der Waals surface area contributed by atoms with Crippen molar-refractivity contribution in [3.05, 3.63) is 24.3 Å². The van der Waals surface area contributed by atoms with Gasteiger partial charge in [0.25, 0.3) is 0 Å². The highest BCUT2D eigenvalue weighted by atomic mass is 16.5. The summed E-state index contributed by atoms with van der Waals surface area (Å²) >= 11 is 0. The molecule has 0 saturated heterocycles. The van der Waals surface area contributed by atoms with E-state index in [9.17, 15) is 9.59 Å². The largest absolute Gasteiger partial charge is 0.478 e. The van der Waals surface area contributed by atoms with Crippen LogP contribution in [0.25, 0.3) is 0 Å². The van der Waals surface area contributed by atoms with Crippen molar-refractivity contribution in [3.63, 3.8) is 0 Å². The maximum atomic E-state index is 9.60. The molecular formula is C12H22O6. The van der Waals surface area contributed by atoms with Crippen LogP contribution in [0.3, 0.4) is 0 Å². The van der Waals surface area contributed by atoms with Gasteiger partial charge in [0.2, 0.25) is 0 Å². The number of carboxylic acids is 2. The van der Waals surface area contributed by atoms with Gasteiger partial charge in [-0.2, -0.15) is 0 Å². The van der Waals surface area contributed by atoms with Crippen LogP contribution in [0.2, 0.25) is 0 Å². The molecular weight excluding hydrogens is 240 g/mol. The minimum absolute atomic E-state index is 0.176. The third-order valence-electron chi connectivity index (χ3n) is 1.22. The van der Waals surface area contributed by atoms with Crippen molar-refractivity contribution in [2.45, 2.75) is 13.8 Å². The topological polar surface area (TPSA) is 93.1 Å². The van der Waals surface area contributed by atoms with Gasteiger partial charge in [0.1, 0.15) is 0 Å². The molecule has 0 spiro atoms. The van der Waals surface area contributed by atoms with E-state index in [1.807, 2.05) is 0 Å². The molecule has 18 heavy (non-hydrogen) atoms. The molecule has 0 aliphatic rings. The van der Waals surface area contributed by atoms with Crippen molar-refractivity contribution in [3.8, 4) is 0 Å². The molecule has 0 radical (unpaired) electrons. The first-order chi connectivity index (χ1) is 8.20. The molecule has 0 fully saturated rings. The van der Waals surface area contributed by atoms with E-state index in [4.69, 9.17) is 10.2 Å². The lowest BCUT2D eigenvalue weighted by Gasteiger charge is -1.91. The lowest BCUT2D eigenvalue weighted by molar-refractivity contribution is -0.133. The van der Waals surface area contributed by atoms with Crippen LogP contribution in [0.15, 0.2) is 24.3 Å². The van der Waals surface area contributed by atoms with Crippen LogP contribution in [0.4, 0.5) is 0 Å². The summed E-state index contributed by atoms with van der Waals surface area (Å²) in [4.78, 5) is 19.2. The van der Waals surface area contributed by atoms with Crippen LogP contribution in [0.5, 0.6) is 0 Å². The normalized spacial score (nSPS) is 8.00. The number of methoxy groups -OCH3 is 2. The zero-order chi connectivity index (χ0) is 15.1. The molecule has 0 rings (SSSR count). The molecule has 0 bridgehead atoms. The van der Waals surface area contributed by atoms with E-state index in [0.717, 1.165) is 0 Å². The highest BCUT2D eigenvalue weighted by Gasteiger charge is 1.90. The average Bonchev–Trinajstić information content (AvgIpc) is 2.27. The van der Waals surface area contributed by atoms with Gasteiger partial charge >= 0.3 is 11.9 Å². The fraction of sp³-hybridized carbons (Fsp3) is 0.500. The molecule has 6 nitrogen and oxygen atoms in total. The van der Waals surface area contributed by atoms with Gasteiger partial charge in [-0.15, -0.1) is 0 Å². The molecule has 0 amide bonds. The summed E-state index contributed by atoms with van der Waals surface area (Å²) in [6.45, 7) is 10.6. The second kappa shape index (κ2) is 15.3. The Morgan fingerprint density at radius 2 is 1.06 bits per heavy atom. The first-order valence-corrected chi connectivity index (χ1v) is 4.96. The van der Waals surface area contributed by atoms with Gasteiger partial charge in [-0.1, -0.05) is 13.2 Å². The molecule has 0 atom stereocenters. The first kappa shape index (κ1) is 21.6. The maximum Gasteiger partial charge on any atom is 0.330 e. The second-order valence-electron chi connectivity index (χ2n) is 3.16. The van der Waals surface area contributed by atoms with Gasteiger partial charge < -0.3 is 19.7 Å². The molecule has 0 saturated carbocycles. The molecule has 0 aliphatic carbocycles. The molecule has 0 aliphatic heterocycles. The monoisotopic (exact) mass is 262 g/mol. The number of hydrogen-bond acceptors (Lipinski definition) is 4. The van der Waals surface area contributed by atoms with Crippen molar-refractivity contribution in [2.75, 3.05) is 27.4 Å². The summed E-state index contributed by atoms with van der Waals surface area (Å²) < 4.78 is 9.31. The van der Waals surface area contributed by atoms with E-state index in [1.54, 1.807) is 14.2 Å². The molecule has 0 aromatic rings. The Morgan fingerprint density at radius 3 is 1.11 bits per heavy atom. The molecule has 2 N–H and O–H groups in total. The number of hydrogen-bond donors (Lipinski definition) is 2. The Kier molecular flexibility index (Phi) is 18.4. The quantitative estimate of drug-likeness (QED) is 0.577. The van der Waals surface area contributed by atoms with Gasteiger partial charge in [-0.05, 0) is 13.8 Å². The lowest BCUT2D eigenvalue weighted by atomic mass is 10.4. The van der Waals surface area contributed by atoms with E-state index in [1.165, 1.54) is 13.8 Å². The predicted molar refractivity (Wildman–Crippen MR) is 68.7 cm³/mol. The van der Waals surface area contributed by atoms with Crippen molar-refractivity contribution >= 4 is 11.9 Å². The molecule has 6 heteroatoms. The van der Waals surface area contributed by atoms with Crippen LogP contribution in [0, 0.1) is 0 Å². The number of ether oxygens (including phenoxy) is 2. The molecule has 0 aromatic carbocycles. The Hall–Kier alpha value is -1.66. The maximum absolute atomic E-state index is 9.60. The van der Waals surface area contributed by atoms with E-state index in [-0.39, 0.29) is 11.1 Å². The van der Waals surface area contributed by atoms with Crippen molar-refractivity contribution < 1.29 is 29.3 Å². The van der Waals surface area contributed by atoms with Gasteiger partial charge in [0.05, 0.1) is 13.2 Å². The molecule has 106 valence electrons. The van der Waals surface area contributed by atoms with E-state index in [2.05, 4.69) is 22.6 Å². The SMILES string of the molecule is C=C(C)C(=O)O.C=C(C)C(=O)O.COCCOC. The fourth-order valence-corrected chi connectivity index (χ4v) is 0.167. The van der Waals surface area contributed by atoms with Crippen LogP contribution < -0.4 is 0 Å². The number of carbonyl (C=O) groups is 2. The van der Waals surface area contributed by atoms with Gasteiger partial charge in [-0.25, -0.2) is 9.59 Å². The smallest absolute Gasteiger partial charge is 0.330 e. The van der Waals surface area contributed by atoms with Gasteiger partial charge in [0.15, 0.2) is 0 Å². The summed E-state index contributed by atoms with van der Waals surface area (Å²) in [6.07, 6.45) is 0. The zero-order valence-corrected chi connectivity index (χ0v) is 11.4. The standard InChI is InChI=1S/C4H10O2.2C4H6O2/c1-5-3-4-6-2;2*1-3(2)4(5)6/h3-4H2,1-2H3;2*1H2,2H3,(H,5,6). The van der Waals surface area contributed by atoms with E-state index >= 15 is 0 Å². The molecule has 0 heterocycles. The molecule has 0 aromatic heterocycles. The number of carboxylic acid groups (broad SMARTS) is 2. The van der Waals surface area contributed by atoms with Gasteiger partial charge in [0, 0.05) is 25.4 Å². The van der Waals surface area contributed by atoms with E-state index < -0.39 is 11.9 Å². The summed E-state index contributed by atoms with van der Waals surface area (Å²) in [5.74, 6) is -1.87. The Balaban J connectivity index is -0.000000187. The van der Waals surface area contributed by atoms with Crippen LogP contribution in [0.1, 0.15) is 13.8 Å². The zero-order valence-electron chi connectivity index (χ0n) is 11.4. The summed E-state index contributed by atoms with van der Waals surface area (Å²) in [6, 6.07) is 0. The Morgan fingerprint density at radius 1 is 0.889 bits per heavy atom. The third-order valence-corrected chi connectivity index (χ3v) is 1.22. The fourth-order valence-electron chi connectivity index (χ4n) is 0.167. The Labute approximate surface area is 108 Å². The third kappa shape index (κ3) is 29.3. The summed E-state index contributed by atoms with van der Waals surface area (Å²) in [5.41, 5.74) is 0.352. The van der Waals surface area contributed by atoms with Crippen LogP contribution in [-0.2, 0) is 19.1 Å². The van der Waals surface area contributed by atoms with Crippen molar-refractivity contribution in [1.82, 2.24) is 0 Å². The summed E-state index contributed by atoms with van der Waals surface area (Å²) in [7, 11) is 3.30. The highest BCUT2D eigenvalue weighted by Crippen LogP contribution is 1.81.